The van der Waals surface area contributed by atoms with E-state index in [9.17, 15) is 9.59 Å². The molecule has 0 bridgehead atoms. The van der Waals surface area contributed by atoms with Crippen molar-refractivity contribution in [3.05, 3.63) is 28.2 Å². The van der Waals surface area contributed by atoms with E-state index in [0.29, 0.717) is 15.7 Å². The van der Waals surface area contributed by atoms with Crippen LogP contribution < -0.4 is 5.32 Å². The third kappa shape index (κ3) is 3.85. The SMILES string of the molecule is C[C@H](OC(=O)C1CC1)C(=O)Nc1ccc(Cl)cc1Cl. The number of hydrogen-bond acceptors (Lipinski definition) is 3. The number of carbonyl (C=O) groups excluding carboxylic acids is 2. The first-order chi connectivity index (χ1) is 8.97. The molecule has 102 valence electrons. The van der Waals surface area contributed by atoms with Crippen LogP contribution in [-0.4, -0.2) is 18.0 Å². The lowest BCUT2D eigenvalue weighted by Crippen LogP contribution is -2.30. The van der Waals surface area contributed by atoms with E-state index in [-0.39, 0.29) is 11.9 Å². The zero-order chi connectivity index (χ0) is 14.0. The van der Waals surface area contributed by atoms with Gasteiger partial charge in [-0.25, -0.2) is 0 Å². The molecule has 1 N–H and O–H groups in total. The second-order valence-corrected chi connectivity index (χ2v) is 5.31. The van der Waals surface area contributed by atoms with Crippen LogP contribution in [0.2, 0.25) is 10.0 Å². The Morgan fingerprint density at radius 1 is 1.37 bits per heavy atom. The van der Waals surface area contributed by atoms with Crippen molar-refractivity contribution >= 4 is 40.8 Å². The van der Waals surface area contributed by atoms with Crippen LogP contribution in [0, 0.1) is 5.92 Å². The van der Waals surface area contributed by atoms with Crippen LogP contribution in [0.4, 0.5) is 5.69 Å². The van der Waals surface area contributed by atoms with E-state index >= 15 is 0 Å². The van der Waals surface area contributed by atoms with Gasteiger partial charge in [-0.05, 0) is 38.0 Å². The van der Waals surface area contributed by atoms with Gasteiger partial charge in [0.25, 0.3) is 5.91 Å². The lowest BCUT2D eigenvalue weighted by Gasteiger charge is -2.14. The van der Waals surface area contributed by atoms with E-state index in [1.54, 1.807) is 12.1 Å². The smallest absolute Gasteiger partial charge is 0.309 e. The van der Waals surface area contributed by atoms with Gasteiger partial charge < -0.3 is 10.1 Å². The minimum absolute atomic E-state index is 0.0330. The number of rotatable bonds is 4. The molecule has 4 nitrogen and oxygen atoms in total. The van der Waals surface area contributed by atoms with Gasteiger partial charge in [-0.1, -0.05) is 23.2 Å². The van der Waals surface area contributed by atoms with E-state index in [1.165, 1.54) is 13.0 Å². The highest BCUT2D eigenvalue weighted by atomic mass is 35.5. The molecular weight excluding hydrogens is 289 g/mol. The summed E-state index contributed by atoms with van der Waals surface area (Å²) in [5.74, 6) is -0.766. The third-order valence-corrected chi connectivity index (χ3v) is 3.31. The number of hydrogen-bond donors (Lipinski definition) is 1. The van der Waals surface area contributed by atoms with E-state index in [4.69, 9.17) is 27.9 Å². The number of nitrogens with one attached hydrogen (secondary N) is 1. The molecule has 1 saturated carbocycles. The van der Waals surface area contributed by atoms with Crippen LogP contribution in [0.5, 0.6) is 0 Å². The molecular formula is C13H13Cl2NO3. The van der Waals surface area contributed by atoms with E-state index < -0.39 is 12.0 Å². The topological polar surface area (TPSA) is 55.4 Å². The number of carbonyl (C=O) groups is 2. The summed E-state index contributed by atoms with van der Waals surface area (Å²) in [6, 6.07) is 4.74. The Labute approximate surface area is 121 Å². The van der Waals surface area contributed by atoms with Crippen LogP contribution in [0.3, 0.4) is 0 Å². The molecule has 1 aromatic carbocycles. The molecule has 0 spiro atoms. The monoisotopic (exact) mass is 301 g/mol. The van der Waals surface area contributed by atoms with Crippen LogP contribution in [0.1, 0.15) is 19.8 Å². The first-order valence-corrected chi connectivity index (χ1v) is 6.69. The summed E-state index contributed by atoms with van der Waals surface area (Å²) < 4.78 is 5.05. The summed E-state index contributed by atoms with van der Waals surface area (Å²) in [7, 11) is 0. The van der Waals surface area contributed by atoms with Gasteiger partial charge in [-0.3, -0.25) is 9.59 Å². The second kappa shape index (κ2) is 5.80. The summed E-state index contributed by atoms with van der Waals surface area (Å²) in [5.41, 5.74) is 0.436. The first kappa shape index (κ1) is 14.2. The quantitative estimate of drug-likeness (QED) is 0.868. The fraction of sp³-hybridized carbons (Fsp3) is 0.385. The van der Waals surface area contributed by atoms with Gasteiger partial charge in [0.1, 0.15) is 0 Å². The summed E-state index contributed by atoms with van der Waals surface area (Å²) in [4.78, 5) is 23.3. The maximum absolute atomic E-state index is 11.8. The molecule has 0 unspecified atom stereocenters. The van der Waals surface area contributed by atoms with Gasteiger partial charge in [0, 0.05) is 5.02 Å². The number of halogens is 2. The van der Waals surface area contributed by atoms with Gasteiger partial charge in [0.2, 0.25) is 0 Å². The van der Waals surface area contributed by atoms with Crippen LogP contribution in [0.15, 0.2) is 18.2 Å². The molecule has 1 atom stereocenters. The van der Waals surface area contributed by atoms with Crippen molar-refractivity contribution in [2.75, 3.05) is 5.32 Å². The third-order valence-electron chi connectivity index (χ3n) is 2.76. The number of anilines is 1. The Bertz CT molecular complexity index is 515. The normalized spacial score (nSPS) is 15.7. The number of ether oxygens (including phenoxy) is 1. The van der Waals surface area contributed by atoms with E-state index in [1.807, 2.05) is 0 Å². The molecule has 0 aliphatic heterocycles. The Hall–Kier alpha value is -1.26. The molecule has 0 heterocycles. The fourth-order valence-corrected chi connectivity index (χ4v) is 1.92. The van der Waals surface area contributed by atoms with Crippen molar-refractivity contribution in [2.24, 2.45) is 5.92 Å². The van der Waals surface area contributed by atoms with Gasteiger partial charge in [0.15, 0.2) is 6.10 Å². The second-order valence-electron chi connectivity index (χ2n) is 4.47. The van der Waals surface area contributed by atoms with Gasteiger partial charge in [-0.2, -0.15) is 0 Å². The molecule has 1 aromatic rings. The van der Waals surface area contributed by atoms with Crippen LogP contribution in [0.25, 0.3) is 0 Å². The van der Waals surface area contributed by atoms with Gasteiger partial charge in [-0.15, -0.1) is 0 Å². The molecule has 0 saturated heterocycles. The average molecular weight is 302 g/mol. The largest absolute Gasteiger partial charge is 0.452 e. The Morgan fingerprint density at radius 3 is 2.63 bits per heavy atom. The van der Waals surface area contributed by atoms with E-state index in [0.717, 1.165) is 12.8 Å². The highest BCUT2D eigenvalue weighted by Crippen LogP contribution is 2.30. The fourth-order valence-electron chi connectivity index (χ4n) is 1.47. The molecule has 2 rings (SSSR count). The minimum Gasteiger partial charge on any atom is -0.452 e. The van der Waals surface area contributed by atoms with Crippen molar-refractivity contribution in [3.63, 3.8) is 0 Å². The summed E-state index contributed by atoms with van der Waals surface area (Å²) in [6.45, 7) is 1.53. The average Bonchev–Trinajstić information content (AvgIpc) is 3.16. The highest BCUT2D eigenvalue weighted by Gasteiger charge is 2.33. The maximum Gasteiger partial charge on any atom is 0.309 e. The molecule has 6 heteroatoms. The van der Waals surface area contributed by atoms with Crippen molar-refractivity contribution in [1.29, 1.82) is 0 Å². The molecule has 1 fully saturated rings. The molecule has 1 aliphatic rings. The predicted octanol–water partition coefficient (Wildman–Crippen LogP) is 3.27. The van der Waals surface area contributed by atoms with Crippen molar-refractivity contribution in [2.45, 2.75) is 25.9 Å². The molecule has 1 aliphatic carbocycles. The Morgan fingerprint density at radius 2 is 2.05 bits per heavy atom. The Balaban J connectivity index is 1.93. The number of esters is 1. The number of amides is 1. The lowest BCUT2D eigenvalue weighted by molar-refractivity contribution is -0.154. The van der Waals surface area contributed by atoms with E-state index in [2.05, 4.69) is 5.32 Å². The zero-order valence-electron chi connectivity index (χ0n) is 10.3. The summed E-state index contributed by atoms with van der Waals surface area (Å²) in [6.07, 6.45) is 0.840. The maximum atomic E-state index is 11.8. The van der Waals surface area contributed by atoms with Gasteiger partial charge >= 0.3 is 5.97 Å². The van der Waals surface area contributed by atoms with Crippen molar-refractivity contribution < 1.29 is 14.3 Å². The standard InChI is InChI=1S/C13H13Cl2NO3/c1-7(19-13(18)8-2-3-8)12(17)16-11-5-4-9(14)6-10(11)15/h4-8H,2-3H2,1H3,(H,16,17)/t7-/m0/s1. The molecule has 19 heavy (non-hydrogen) atoms. The number of benzene rings is 1. The molecule has 0 aromatic heterocycles. The summed E-state index contributed by atoms with van der Waals surface area (Å²) in [5, 5.41) is 3.41. The predicted molar refractivity (Wildman–Crippen MR) is 73.4 cm³/mol. The summed E-state index contributed by atoms with van der Waals surface area (Å²) >= 11 is 11.7. The highest BCUT2D eigenvalue weighted by molar-refractivity contribution is 6.36. The van der Waals surface area contributed by atoms with Crippen molar-refractivity contribution in [1.82, 2.24) is 0 Å². The lowest BCUT2D eigenvalue weighted by atomic mass is 10.3. The van der Waals surface area contributed by atoms with Gasteiger partial charge in [0.05, 0.1) is 16.6 Å². The zero-order valence-corrected chi connectivity index (χ0v) is 11.8. The minimum atomic E-state index is -0.847. The Kier molecular flexibility index (Phi) is 4.32. The van der Waals surface area contributed by atoms with Crippen molar-refractivity contribution in [3.8, 4) is 0 Å². The molecule has 1 amide bonds. The first-order valence-electron chi connectivity index (χ1n) is 5.94. The van der Waals surface area contributed by atoms with Crippen LogP contribution in [-0.2, 0) is 14.3 Å². The molecule has 0 radical (unpaired) electrons. The van der Waals surface area contributed by atoms with Crippen LogP contribution >= 0.6 is 23.2 Å².